The zero-order valence-corrected chi connectivity index (χ0v) is 9.08. The van der Waals surface area contributed by atoms with Crippen molar-refractivity contribution >= 4 is 5.78 Å². The van der Waals surface area contributed by atoms with E-state index in [0.717, 1.165) is 19.3 Å². The van der Waals surface area contributed by atoms with E-state index in [1.165, 1.54) is 0 Å². The van der Waals surface area contributed by atoms with Gasteiger partial charge in [-0.3, -0.25) is 4.79 Å². The molecule has 1 unspecified atom stereocenters. The Kier molecular flexibility index (Phi) is 8.16. The second kappa shape index (κ2) is 8.71. The highest BCUT2D eigenvalue weighted by atomic mass is 16.5. The number of Topliss-reactive ketones (excluding diaryl/α,β-unsaturated/α-hetero) is 1. The first-order valence-electron chi connectivity index (χ1n) is 5.27. The summed E-state index contributed by atoms with van der Waals surface area (Å²) in [4.78, 5) is 11.5. The van der Waals surface area contributed by atoms with Gasteiger partial charge in [-0.25, -0.2) is 0 Å². The molecule has 0 bridgehead atoms. The molecule has 1 atom stereocenters. The fourth-order valence-corrected chi connectivity index (χ4v) is 1.27. The second-order valence-electron chi connectivity index (χ2n) is 3.21. The number of nitriles is 1. The van der Waals surface area contributed by atoms with Gasteiger partial charge in [-0.1, -0.05) is 19.8 Å². The van der Waals surface area contributed by atoms with Crippen molar-refractivity contribution in [3.05, 3.63) is 0 Å². The van der Waals surface area contributed by atoms with E-state index in [2.05, 4.69) is 6.92 Å². The third-order valence-corrected chi connectivity index (χ3v) is 2.03. The lowest BCUT2D eigenvalue weighted by Crippen LogP contribution is -2.24. The van der Waals surface area contributed by atoms with E-state index in [4.69, 9.17) is 10.00 Å². The highest BCUT2D eigenvalue weighted by Crippen LogP contribution is 2.09. The molecule has 0 aromatic heterocycles. The average Bonchev–Trinajstić information content (AvgIpc) is 2.20. The Hall–Kier alpha value is -0.880. The summed E-state index contributed by atoms with van der Waals surface area (Å²) in [6.45, 7) is 4.53. The van der Waals surface area contributed by atoms with Crippen molar-refractivity contribution in [2.24, 2.45) is 0 Å². The van der Waals surface area contributed by atoms with Crippen LogP contribution in [-0.4, -0.2) is 18.5 Å². The lowest BCUT2D eigenvalue weighted by Gasteiger charge is -2.14. The summed E-state index contributed by atoms with van der Waals surface area (Å²) in [5.41, 5.74) is 0. The van der Waals surface area contributed by atoms with Crippen LogP contribution in [0.2, 0.25) is 0 Å². The van der Waals surface area contributed by atoms with Crippen LogP contribution in [0.1, 0.15) is 46.0 Å². The number of nitrogens with zero attached hydrogens (tertiary/aromatic N) is 1. The first kappa shape index (κ1) is 13.1. The summed E-state index contributed by atoms with van der Waals surface area (Å²) in [7, 11) is 0. The van der Waals surface area contributed by atoms with E-state index < -0.39 is 0 Å². The third-order valence-electron chi connectivity index (χ3n) is 2.03. The Bertz CT molecular complexity index is 196. The van der Waals surface area contributed by atoms with Crippen molar-refractivity contribution in [3.63, 3.8) is 0 Å². The molecule has 0 rings (SSSR count). The van der Waals surface area contributed by atoms with Crippen molar-refractivity contribution < 1.29 is 9.53 Å². The van der Waals surface area contributed by atoms with E-state index in [9.17, 15) is 4.79 Å². The SMILES string of the molecule is CCCCC(OCC)C(=O)CCC#N. The molecule has 0 aromatic carbocycles. The lowest BCUT2D eigenvalue weighted by molar-refractivity contribution is -0.130. The number of carbonyl (C=O) groups is 1. The summed E-state index contributed by atoms with van der Waals surface area (Å²) < 4.78 is 5.34. The van der Waals surface area contributed by atoms with Crippen molar-refractivity contribution in [2.75, 3.05) is 6.61 Å². The largest absolute Gasteiger partial charge is 0.371 e. The molecule has 0 aliphatic rings. The minimum Gasteiger partial charge on any atom is -0.371 e. The van der Waals surface area contributed by atoms with Crippen LogP contribution in [-0.2, 0) is 9.53 Å². The number of ether oxygens (including phenoxy) is 1. The topological polar surface area (TPSA) is 50.1 Å². The van der Waals surface area contributed by atoms with Gasteiger partial charge in [0, 0.05) is 19.4 Å². The van der Waals surface area contributed by atoms with E-state index in [1.54, 1.807) is 0 Å². The van der Waals surface area contributed by atoms with Gasteiger partial charge in [-0.15, -0.1) is 0 Å². The normalized spacial score (nSPS) is 12.1. The molecule has 0 aromatic rings. The van der Waals surface area contributed by atoms with Gasteiger partial charge < -0.3 is 4.74 Å². The smallest absolute Gasteiger partial charge is 0.162 e. The first-order valence-corrected chi connectivity index (χ1v) is 5.27. The second-order valence-corrected chi connectivity index (χ2v) is 3.21. The van der Waals surface area contributed by atoms with Crippen LogP contribution >= 0.6 is 0 Å². The van der Waals surface area contributed by atoms with Crippen LogP contribution in [0.3, 0.4) is 0 Å². The van der Waals surface area contributed by atoms with Crippen LogP contribution in [0, 0.1) is 11.3 Å². The molecule has 80 valence electrons. The number of unbranched alkanes of at least 4 members (excludes halogenated alkanes) is 1. The zero-order valence-electron chi connectivity index (χ0n) is 9.08. The van der Waals surface area contributed by atoms with Gasteiger partial charge in [-0.05, 0) is 13.3 Å². The molecule has 0 saturated carbocycles. The Labute approximate surface area is 86.1 Å². The van der Waals surface area contributed by atoms with Crippen LogP contribution in [0.25, 0.3) is 0 Å². The summed E-state index contributed by atoms with van der Waals surface area (Å²) >= 11 is 0. The number of hydrogen-bond acceptors (Lipinski definition) is 3. The standard InChI is InChI=1S/C11H19NO2/c1-3-5-8-11(14-4-2)10(13)7-6-9-12/h11H,3-8H2,1-2H3. The highest BCUT2D eigenvalue weighted by Gasteiger charge is 2.16. The molecule has 0 aliphatic heterocycles. The lowest BCUT2D eigenvalue weighted by atomic mass is 10.1. The minimum atomic E-state index is -0.284. The molecule has 0 N–H and O–H groups in total. The van der Waals surface area contributed by atoms with E-state index >= 15 is 0 Å². The van der Waals surface area contributed by atoms with E-state index in [1.807, 2.05) is 13.0 Å². The Balaban J connectivity index is 3.91. The number of rotatable bonds is 8. The first-order chi connectivity index (χ1) is 6.76. The Morgan fingerprint density at radius 3 is 2.71 bits per heavy atom. The number of ketones is 1. The molecule has 0 aliphatic carbocycles. The van der Waals surface area contributed by atoms with Gasteiger partial charge in [0.15, 0.2) is 5.78 Å². The maximum absolute atomic E-state index is 11.5. The minimum absolute atomic E-state index is 0.0712. The maximum Gasteiger partial charge on any atom is 0.162 e. The fraction of sp³-hybridized carbons (Fsp3) is 0.818. The van der Waals surface area contributed by atoms with Crippen molar-refractivity contribution in [2.45, 2.75) is 52.1 Å². The maximum atomic E-state index is 11.5. The third kappa shape index (κ3) is 5.71. The average molecular weight is 197 g/mol. The summed E-state index contributed by atoms with van der Waals surface area (Å²) in [6.07, 6.45) is 3.19. The van der Waals surface area contributed by atoms with Gasteiger partial charge >= 0.3 is 0 Å². The summed E-state index contributed by atoms with van der Waals surface area (Å²) in [5, 5.41) is 8.36. The quantitative estimate of drug-likeness (QED) is 0.600. The van der Waals surface area contributed by atoms with Crippen LogP contribution in [0.5, 0.6) is 0 Å². The molecule has 0 fully saturated rings. The van der Waals surface area contributed by atoms with Crippen molar-refractivity contribution in [3.8, 4) is 6.07 Å². The molecule has 3 nitrogen and oxygen atoms in total. The van der Waals surface area contributed by atoms with Crippen molar-refractivity contribution in [1.82, 2.24) is 0 Å². The van der Waals surface area contributed by atoms with Crippen LogP contribution < -0.4 is 0 Å². The Morgan fingerprint density at radius 1 is 1.50 bits per heavy atom. The molecule has 0 amide bonds. The molecular formula is C11H19NO2. The molecule has 0 saturated heterocycles. The molecule has 0 radical (unpaired) electrons. The van der Waals surface area contributed by atoms with Crippen LogP contribution in [0.4, 0.5) is 0 Å². The molecular weight excluding hydrogens is 178 g/mol. The highest BCUT2D eigenvalue weighted by molar-refractivity contribution is 5.83. The monoisotopic (exact) mass is 197 g/mol. The summed E-state index contributed by atoms with van der Waals surface area (Å²) in [5.74, 6) is 0.0712. The molecule has 0 spiro atoms. The summed E-state index contributed by atoms with van der Waals surface area (Å²) in [6, 6.07) is 1.98. The van der Waals surface area contributed by atoms with Crippen LogP contribution in [0.15, 0.2) is 0 Å². The van der Waals surface area contributed by atoms with E-state index in [-0.39, 0.29) is 11.9 Å². The van der Waals surface area contributed by atoms with Gasteiger partial charge in [0.2, 0.25) is 0 Å². The predicted octanol–water partition coefficient (Wildman–Crippen LogP) is 2.45. The predicted molar refractivity (Wildman–Crippen MR) is 54.8 cm³/mol. The van der Waals surface area contributed by atoms with Gasteiger partial charge in [-0.2, -0.15) is 5.26 Å². The molecule has 3 heteroatoms. The van der Waals surface area contributed by atoms with Crippen molar-refractivity contribution in [1.29, 1.82) is 5.26 Å². The Morgan fingerprint density at radius 2 is 2.21 bits per heavy atom. The van der Waals surface area contributed by atoms with E-state index in [0.29, 0.717) is 19.4 Å². The number of hydrogen-bond donors (Lipinski definition) is 0. The molecule has 14 heavy (non-hydrogen) atoms. The fourth-order valence-electron chi connectivity index (χ4n) is 1.27. The zero-order chi connectivity index (χ0) is 10.8. The van der Waals surface area contributed by atoms with Gasteiger partial charge in [0.05, 0.1) is 6.07 Å². The number of carbonyl (C=O) groups excluding carboxylic acids is 1. The van der Waals surface area contributed by atoms with Gasteiger partial charge in [0.25, 0.3) is 0 Å². The van der Waals surface area contributed by atoms with Gasteiger partial charge in [0.1, 0.15) is 6.10 Å². The molecule has 0 heterocycles.